The molecule has 5 nitrogen and oxygen atoms in total. The molecule has 0 radical (unpaired) electrons. The van der Waals surface area contributed by atoms with Gasteiger partial charge in [0.25, 0.3) is 0 Å². The molecule has 0 saturated carbocycles. The SMILES string of the molecule is Cc1nc(N)c2nsnc2n1. The maximum Gasteiger partial charge on any atom is 0.198 e. The van der Waals surface area contributed by atoms with Crippen LogP contribution in [0.25, 0.3) is 11.2 Å². The molecular weight excluding hydrogens is 162 g/mol. The molecule has 2 rings (SSSR count). The first-order valence-electron chi connectivity index (χ1n) is 3.00. The number of anilines is 1. The minimum absolute atomic E-state index is 0.404. The first-order chi connectivity index (χ1) is 5.27. The van der Waals surface area contributed by atoms with Crippen LogP contribution in [0.1, 0.15) is 5.82 Å². The van der Waals surface area contributed by atoms with Gasteiger partial charge in [0.15, 0.2) is 17.0 Å². The quantitative estimate of drug-likeness (QED) is 0.613. The van der Waals surface area contributed by atoms with E-state index in [0.717, 1.165) is 11.7 Å². The number of aromatic nitrogens is 4. The number of fused-ring (bicyclic) bond motifs is 1. The largest absolute Gasteiger partial charge is 0.382 e. The summed E-state index contributed by atoms with van der Waals surface area (Å²) in [5.41, 5.74) is 6.74. The van der Waals surface area contributed by atoms with Crippen molar-refractivity contribution in [3.63, 3.8) is 0 Å². The average molecular weight is 167 g/mol. The third kappa shape index (κ3) is 0.911. The zero-order valence-electron chi connectivity index (χ0n) is 5.77. The average Bonchev–Trinajstić information content (AvgIpc) is 2.34. The smallest absolute Gasteiger partial charge is 0.198 e. The highest BCUT2D eigenvalue weighted by molar-refractivity contribution is 7.00. The van der Waals surface area contributed by atoms with Crippen LogP contribution in [0.2, 0.25) is 0 Å². The molecule has 0 bridgehead atoms. The first kappa shape index (κ1) is 6.41. The predicted octanol–water partition coefficient (Wildman–Crippen LogP) is 0.372. The molecule has 0 spiro atoms. The number of aryl methyl sites for hydroxylation is 1. The van der Waals surface area contributed by atoms with Crippen LogP contribution in [0.5, 0.6) is 0 Å². The van der Waals surface area contributed by atoms with Crippen LogP contribution < -0.4 is 5.73 Å². The third-order valence-electron chi connectivity index (χ3n) is 1.26. The number of hydrogen-bond acceptors (Lipinski definition) is 6. The van der Waals surface area contributed by atoms with Gasteiger partial charge in [0, 0.05) is 0 Å². The fourth-order valence-electron chi connectivity index (χ4n) is 0.824. The third-order valence-corrected chi connectivity index (χ3v) is 1.78. The van der Waals surface area contributed by atoms with E-state index in [1.165, 1.54) is 0 Å². The van der Waals surface area contributed by atoms with Crippen LogP contribution in [0, 0.1) is 6.92 Å². The molecule has 0 aliphatic heterocycles. The Balaban J connectivity index is 2.91. The molecule has 2 aromatic heterocycles. The van der Waals surface area contributed by atoms with Crippen molar-refractivity contribution in [2.24, 2.45) is 0 Å². The fourth-order valence-corrected chi connectivity index (χ4v) is 1.33. The summed E-state index contributed by atoms with van der Waals surface area (Å²) >= 11 is 1.09. The molecule has 0 fully saturated rings. The van der Waals surface area contributed by atoms with E-state index < -0.39 is 0 Å². The number of nitrogen functional groups attached to an aromatic ring is 1. The van der Waals surface area contributed by atoms with E-state index >= 15 is 0 Å². The van der Waals surface area contributed by atoms with Gasteiger partial charge in [0.2, 0.25) is 0 Å². The number of rotatable bonds is 0. The summed E-state index contributed by atoms with van der Waals surface area (Å²) in [6, 6.07) is 0. The normalized spacial score (nSPS) is 10.6. The maximum atomic E-state index is 5.55. The summed E-state index contributed by atoms with van der Waals surface area (Å²) in [5, 5.41) is 0. The summed E-state index contributed by atoms with van der Waals surface area (Å²) in [6.45, 7) is 1.77. The van der Waals surface area contributed by atoms with Gasteiger partial charge in [-0.25, -0.2) is 9.97 Å². The molecule has 0 atom stereocenters. The molecule has 56 valence electrons. The highest BCUT2D eigenvalue weighted by Crippen LogP contribution is 2.13. The molecule has 2 N–H and O–H groups in total. The van der Waals surface area contributed by atoms with Crippen molar-refractivity contribution in [1.29, 1.82) is 0 Å². The van der Waals surface area contributed by atoms with E-state index in [0.29, 0.717) is 22.8 Å². The molecule has 0 aliphatic carbocycles. The second-order valence-electron chi connectivity index (χ2n) is 2.09. The van der Waals surface area contributed by atoms with Crippen molar-refractivity contribution >= 4 is 28.7 Å². The van der Waals surface area contributed by atoms with E-state index in [9.17, 15) is 0 Å². The topological polar surface area (TPSA) is 77.6 Å². The second-order valence-corrected chi connectivity index (χ2v) is 2.62. The minimum atomic E-state index is 0.404. The Morgan fingerprint density at radius 2 is 2.09 bits per heavy atom. The molecule has 0 aromatic carbocycles. The van der Waals surface area contributed by atoms with Gasteiger partial charge >= 0.3 is 0 Å². The van der Waals surface area contributed by atoms with Gasteiger partial charge in [0.1, 0.15) is 5.82 Å². The Bertz CT molecular complexity index is 395. The van der Waals surface area contributed by atoms with E-state index in [4.69, 9.17) is 5.73 Å². The Morgan fingerprint density at radius 1 is 1.27 bits per heavy atom. The highest BCUT2D eigenvalue weighted by atomic mass is 32.1. The van der Waals surface area contributed by atoms with Crippen LogP contribution in [-0.2, 0) is 0 Å². The van der Waals surface area contributed by atoms with E-state index in [1.54, 1.807) is 6.92 Å². The molecule has 11 heavy (non-hydrogen) atoms. The van der Waals surface area contributed by atoms with Crippen molar-refractivity contribution in [2.75, 3.05) is 5.73 Å². The number of nitrogens with zero attached hydrogens (tertiary/aromatic N) is 4. The summed E-state index contributed by atoms with van der Waals surface area (Å²) < 4.78 is 7.88. The highest BCUT2D eigenvalue weighted by Gasteiger charge is 2.05. The molecule has 0 aliphatic rings. The van der Waals surface area contributed by atoms with Crippen molar-refractivity contribution in [1.82, 2.24) is 18.7 Å². The molecule has 0 saturated heterocycles. The second kappa shape index (κ2) is 2.09. The molecule has 2 heterocycles. The van der Waals surface area contributed by atoms with Crippen molar-refractivity contribution in [3.05, 3.63) is 5.82 Å². The lowest BCUT2D eigenvalue weighted by molar-refractivity contribution is 1.09. The predicted molar refractivity (Wildman–Crippen MR) is 42.2 cm³/mol. The zero-order valence-corrected chi connectivity index (χ0v) is 6.59. The number of nitrogens with two attached hydrogens (primary N) is 1. The Labute approximate surface area is 66.6 Å². The van der Waals surface area contributed by atoms with Gasteiger partial charge < -0.3 is 5.73 Å². The van der Waals surface area contributed by atoms with E-state index in [1.807, 2.05) is 0 Å². The Hall–Kier alpha value is -1.30. The van der Waals surface area contributed by atoms with E-state index in [-0.39, 0.29) is 0 Å². The van der Waals surface area contributed by atoms with Gasteiger partial charge in [-0.15, -0.1) is 0 Å². The molecule has 2 aromatic rings. The fraction of sp³-hybridized carbons (Fsp3) is 0.200. The summed E-state index contributed by atoms with van der Waals surface area (Å²) in [5.74, 6) is 1.03. The Kier molecular flexibility index (Phi) is 1.22. The summed E-state index contributed by atoms with van der Waals surface area (Å²) in [7, 11) is 0. The van der Waals surface area contributed by atoms with Crippen molar-refractivity contribution in [3.8, 4) is 0 Å². The van der Waals surface area contributed by atoms with Crippen LogP contribution in [0.3, 0.4) is 0 Å². The van der Waals surface area contributed by atoms with Crippen LogP contribution >= 0.6 is 11.7 Å². The van der Waals surface area contributed by atoms with Gasteiger partial charge in [-0.05, 0) is 6.92 Å². The molecule has 0 unspecified atom stereocenters. The molecule has 6 heteroatoms. The Morgan fingerprint density at radius 3 is 2.91 bits per heavy atom. The monoisotopic (exact) mass is 167 g/mol. The minimum Gasteiger partial charge on any atom is -0.382 e. The van der Waals surface area contributed by atoms with Gasteiger partial charge in [-0.2, -0.15) is 8.75 Å². The maximum absolute atomic E-state index is 5.55. The zero-order chi connectivity index (χ0) is 7.84. The lowest BCUT2D eigenvalue weighted by atomic mass is 10.5. The lowest BCUT2D eigenvalue weighted by Gasteiger charge is -1.92. The van der Waals surface area contributed by atoms with Gasteiger partial charge in [0.05, 0.1) is 11.7 Å². The van der Waals surface area contributed by atoms with Crippen molar-refractivity contribution in [2.45, 2.75) is 6.92 Å². The molecule has 0 amide bonds. The first-order valence-corrected chi connectivity index (χ1v) is 3.73. The van der Waals surface area contributed by atoms with Crippen LogP contribution in [-0.4, -0.2) is 18.7 Å². The molecular formula is C5H5N5S. The van der Waals surface area contributed by atoms with Crippen LogP contribution in [0.15, 0.2) is 0 Å². The standard InChI is InChI=1S/C5H5N5S/c1-2-7-4(6)3-5(8-2)10-11-9-3/h1H3,(H2,6,7,8,10). The number of hydrogen-bond donors (Lipinski definition) is 1. The van der Waals surface area contributed by atoms with Crippen molar-refractivity contribution < 1.29 is 0 Å². The summed E-state index contributed by atoms with van der Waals surface area (Å²) in [6.07, 6.45) is 0. The van der Waals surface area contributed by atoms with E-state index in [2.05, 4.69) is 18.7 Å². The lowest BCUT2D eigenvalue weighted by Crippen LogP contribution is -1.96. The summed E-state index contributed by atoms with van der Waals surface area (Å²) in [4.78, 5) is 7.99. The van der Waals surface area contributed by atoms with Gasteiger partial charge in [-0.1, -0.05) is 0 Å². The van der Waals surface area contributed by atoms with Crippen LogP contribution in [0.4, 0.5) is 5.82 Å². The van der Waals surface area contributed by atoms with Gasteiger partial charge in [-0.3, -0.25) is 0 Å².